The zero-order valence-electron chi connectivity index (χ0n) is 15.7. The molecular weight excluding hydrogens is 358 g/mol. The fourth-order valence-corrected chi connectivity index (χ4v) is 5.32. The van der Waals surface area contributed by atoms with E-state index >= 15 is 0 Å². The second-order valence-corrected chi connectivity index (χ2v) is 8.44. The van der Waals surface area contributed by atoms with Crippen molar-refractivity contribution in [2.24, 2.45) is 0 Å². The van der Waals surface area contributed by atoms with Crippen LogP contribution in [0.1, 0.15) is 48.8 Å². The Morgan fingerprint density at radius 2 is 1.81 bits per heavy atom. The van der Waals surface area contributed by atoms with Crippen molar-refractivity contribution in [3.05, 3.63) is 40.7 Å². The Bertz CT molecular complexity index is 827. The molecule has 2 aromatic rings. The highest BCUT2D eigenvalue weighted by molar-refractivity contribution is 7.12. The van der Waals surface area contributed by atoms with Crippen molar-refractivity contribution in [2.75, 3.05) is 19.6 Å². The minimum atomic E-state index is -0.183. The van der Waals surface area contributed by atoms with Crippen molar-refractivity contribution in [1.82, 2.24) is 14.8 Å². The molecule has 2 amide bonds. The van der Waals surface area contributed by atoms with Gasteiger partial charge in [-0.05, 0) is 12.8 Å². The van der Waals surface area contributed by atoms with E-state index in [0.717, 1.165) is 36.9 Å². The van der Waals surface area contributed by atoms with Crippen LogP contribution in [0.4, 0.5) is 0 Å². The zero-order chi connectivity index (χ0) is 18.9. The number of hydrogen-bond donors (Lipinski definition) is 0. The Morgan fingerprint density at radius 1 is 1.07 bits per heavy atom. The molecule has 4 rings (SSSR count). The molecule has 1 aromatic heterocycles. The Hall–Kier alpha value is -2.21. The average Bonchev–Trinajstić information content (AvgIpc) is 3.18. The van der Waals surface area contributed by atoms with Gasteiger partial charge in [0.1, 0.15) is 0 Å². The molecular formula is C21H25N3O2S. The van der Waals surface area contributed by atoms with Crippen LogP contribution in [0.2, 0.25) is 0 Å². The second-order valence-electron chi connectivity index (χ2n) is 7.59. The summed E-state index contributed by atoms with van der Waals surface area (Å²) in [5.41, 5.74) is 1.69. The van der Waals surface area contributed by atoms with Gasteiger partial charge in [-0.2, -0.15) is 0 Å². The molecule has 1 saturated heterocycles. The van der Waals surface area contributed by atoms with Crippen LogP contribution in [-0.2, 0) is 4.79 Å². The van der Waals surface area contributed by atoms with E-state index in [0.29, 0.717) is 24.6 Å². The summed E-state index contributed by atoms with van der Waals surface area (Å²) in [6.45, 7) is 3.49. The van der Waals surface area contributed by atoms with Gasteiger partial charge in [0.15, 0.2) is 5.01 Å². The molecule has 27 heavy (non-hydrogen) atoms. The summed E-state index contributed by atoms with van der Waals surface area (Å²) >= 11 is 1.41. The Balaban J connectivity index is 1.54. The number of amides is 2. The van der Waals surface area contributed by atoms with Gasteiger partial charge >= 0.3 is 0 Å². The number of nitrogens with zero attached hydrogens (tertiary/aromatic N) is 3. The van der Waals surface area contributed by atoms with Gasteiger partial charge in [0.25, 0.3) is 5.91 Å². The van der Waals surface area contributed by atoms with Crippen LogP contribution in [0.3, 0.4) is 0 Å². The first-order valence-electron chi connectivity index (χ1n) is 9.67. The quantitative estimate of drug-likeness (QED) is 0.792. The topological polar surface area (TPSA) is 53.5 Å². The number of aromatic nitrogens is 1. The van der Waals surface area contributed by atoms with Crippen molar-refractivity contribution in [2.45, 2.75) is 44.6 Å². The van der Waals surface area contributed by atoms with Gasteiger partial charge in [0, 0.05) is 37.5 Å². The molecule has 6 heteroatoms. The lowest BCUT2D eigenvalue weighted by Crippen LogP contribution is -2.65. The monoisotopic (exact) mass is 383 g/mol. The van der Waals surface area contributed by atoms with E-state index in [-0.39, 0.29) is 17.4 Å². The van der Waals surface area contributed by atoms with Crippen molar-refractivity contribution in [3.8, 4) is 11.3 Å². The summed E-state index contributed by atoms with van der Waals surface area (Å²) < 4.78 is 0. The van der Waals surface area contributed by atoms with Crippen molar-refractivity contribution < 1.29 is 9.59 Å². The fourth-order valence-electron chi connectivity index (χ4n) is 4.53. The molecule has 1 saturated carbocycles. The third kappa shape index (κ3) is 3.50. The van der Waals surface area contributed by atoms with E-state index in [2.05, 4.69) is 4.98 Å². The van der Waals surface area contributed by atoms with Crippen LogP contribution < -0.4 is 0 Å². The normalized spacial score (nSPS) is 19.3. The van der Waals surface area contributed by atoms with Gasteiger partial charge in [-0.1, -0.05) is 49.6 Å². The summed E-state index contributed by atoms with van der Waals surface area (Å²) in [7, 11) is 0. The van der Waals surface area contributed by atoms with E-state index in [4.69, 9.17) is 0 Å². The average molecular weight is 384 g/mol. The maximum atomic E-state index is 13.1. The minimum absolute atomic E-state index is 0.00432. The Labute approximate surface area is 164 Å². The fraction of sp³-hybridized carbons (Fsp3) is 0.476. The summed E-state index contributed by atoms with van der Waals surface area (Å²) in [6.07, 6.45) is 5.45. The molecule has 2 heterocycles. The number of piperazine rings is 1. The molecule has 142 valence electrons. The predicted octanol–water partition coefficient (Wildman–Crippen LogP) is 3.82. The van der Waals surface area contributed by atoms with Crippen LogP contribution in [0.25, 0.3) is 11.3 Å². The second kappa shape index (κ2) is 7.43. The third-order valence-corrected chi connectivity index (χ3v) is 6.69. The summed E-state index contributed by atoms with van der Waals surface area (Å²) in [4.78, 5) is 33.8. The smallest absolute Gasteiger partial charge is 0.282 e. The Kier molecular flexibility index (Phi) is 5.00. The van der Waals surface area contributed by atoms with Crippen LogP contribution in [0, 0.1) is 0 Å². The van der Waals surface area contributed by atoms with Crippen LogP contribution in [0.5, 0.6) is 0 Å². The van der Waals surface area contributed by atoms with Crippen molar-refractivity contribution in [3.63, 3.8) is 0 Å². The molecule has 0 bridgehead atoms. The number of rotatable bonds is 2. The first-order valence-corrected chi connectivity index (χ1v) is 10.6. The van der Waals surface area contributed by atoms with Gasteiger partial charge in [0.2, 0.25) is 5.91 Å². The standard InChI is InChI=1S/C21H25N3O2S/c1-16(25)24-13-12-23(15-21(24)10-6-3-7-11-21)20(26)19-22-18(14-27-19)17-8-4-2-5-9-17/h2,4-5,8-9,14H,3,6-7,10-13,15H2,1H3. The van der Waals surface area contributed by atoms with Crippen molar-refractivity contribution >= 4 is 23.2 Å². The number of benzene rings is 1. The highest BCUT2D eigenvalue weighted by atomic mass is 32.1. The number of carbonyl (C=O) groups is 2. The number of carbonyl (C=O) groups excluding carboxylic acids is 2. The molecule has 0 radical (unpaired) electrons. The van der Waals surface area contributed by atoms with Crippen LogP contribution in [-0.4, -0.2) is 51.8 Å². The lowest BCUT2D eigenvalue weighted by atomic mass is 9.78. The Morgan fingerprint density at radius 3 is 2.52 bits per heavy atom. The third-order valence-electron chi connectivity index (χ3n) is 5.86. The molecule has 1 aliphatic heterocycles. The first-order chi connectivity index (χ1) is 13.1. The summed E-state index contributed by atoms with van der Waals surface area (Å²) in [5.74, 6) is 0.125. The van der Waals surface area contributed by atoms with Gasteiger partial charge in [0.05, 0.1) is 11.2 Å². The lowest BCUT2D eigenvalue weighted by molar-refractivity contribution is -0.141. The van der Waals surface area contributed by atoms with E-state index in [9.17, 15) is 9.59 Å². The largest absolute Gasteiger partial charge is 0.334 e. The van der Waals surface area contributed by atoms with E-state index in [1.807, 2.05) is 45.5 Å². The minimum Gasteiger partial charge on any atom is -0.334 e. The van der Waals surface area contributed by atoms with Crippen LogP contribution in [0.15, 0.2) is 35.7 Å². The summed E-state index contributed by atoms with van der Waals surface area (Å²) in [6, 6.07) is 9.94. The zero-order valence-corrected chi connectivity index (χ0v) is 16.5. The van der Waals surface area contributed by atoms with Gasteiger partial charge in [-0.3, -0.25) is 9.59 Å². The number of hydrogen-bond acceptors (Lipinski definition) is 4. The molecule has 2 aliphatic rings. The number of thiazole rings is 1. The molecule has 1 spiro atoms. The highest BCUT2D eigenvalue weighted by Gasteiger charge is 2.45. The van der Waals surface area contributed by atoms with Gasteiger partial charge in [-0.15, -0.1) is 11.3 Å². The molecule has 0 N–H and O–H groups in total. The molecule has 0 atom stereocenters. The maximum Gasteiger partial charge on any atom is 0.282 e. The van der Waals surface area contributed by atoms with Gasteiger partial charge < -0.3 is 9.80 Å². The van der Waals surface area contributed by atoms with E-state index in [1.54, 1.807) is 6.92 Å². The molecule has 5 nitrogen and oxygen atoms in total. The molecule has 2 fully saturated rings. The van der Waals surface area contributed by atoms with Gasteiger partial charge in [-0.25, -0.2) is 4.98 Å². The maximum absolute atomic E-state index is 13.1. The molecule has 0 unspecified atom stereocenters. The highest BCUT2D eigenvalue weighted by Crippen LogP contribution is 2.37. The van der Waals surface area contributed by atoms with Crippen LogP contribution >= 0.6 is 11.3 Å². The summed E-state index contributed by atoms with van der Waals surface area (Å²) in [5, 5.41) is 2.49. The van der Waals surface area contributed by atoms with E-state index < -0.39 is 0 Å². The van der Waals surface area contributed by atoms with E-state index in [1.165, 1.54) is 17.8 Å². The molecule has 1 aromatic carbocycles. The first kappa shape index (κ1) is 18.2. The molecule has 1 aliphatic carbocycles. The van der Waals surface area contributed by atoms with Crippen molar-refractivity contribution in [1.29, 1.82) is 0 Å². The lowest BCUT2D eigenvalue weighted by Gasteiger charge is -2.52. The predicted molar refractivity (Wildman–Crippen MR) is 107 cm³/mol. The SMILES string of the molecule is CC(=O)N1CCN(C(=O)c2nc(-c3ccccc3)cs2)CC12CCCCC2.